The maximum Gasteiger partial charge on any atom is 0.407 e. The molecule has 1 aromatic carbocycles. The average molecular weight is 563 g/mol. The largest absolute Gasteiger partial charge is 0.444 e. The van der Waals surface area contributed by atoms with Gasteiger partial charge in [-0.25, -0.2) is 9.78 Å². The predicted octanol–water partition coefficient (Wildman–Crippen LogP) is 6.35. The second-order valence-electron chi connectivity index (χ2n) is 10.1. The Morgan fingerprint density at radius 3 is 2.60 bits per heavy atom. The van der Waals surface area contributed by atoms with E-state index in [1.807, 2.05) is 32.9 Å². The summed E-state index contributed by atoms with van der Waals surface area (Å²) in [5.41, 5.74) is 2.07. The Balaban J connectivity index is 1.47. The van der Waals surface area contributed by atoms with E-state index in [0.29, 0.717) is 29.0 Å². The number of piperidine rings is 1. The minimum atomic E-state index is -0.510. The van der Waals surface area contributed by atoms with E-state index in [0.717, 1.165) is 41.7 Å². The molecular formula is C25H29BrClN5O3. The molecule has 0 radical (unpaired) electrons. The Bertz CT molecular complexity index is 1200. The van der Waals surface area contributed by atoms with Crippen LogP contribution in [-0.2, 0) is 4.74 Å². The summed E-state index contributed by atoms with van der Waals surface area (Å²) in [6.07, 6.45) is 3.06. The Labute approximate surface area is 218 Å². The Morgan fingerprint density at radius 2 is 1.91 bits per heavy atom. The second kappa shape index (κ2) is 10.1. The number of benzene rings is 1. The van der Waals surface area contributed by atoms with E-state index in [1.165, 1.54) is 0 Å². The van der Waals surface area contributed by atoms with E-state index in [2.05, 4.69) is 54.3 Å². The van der Waals surface area contributed by atoms with Gasteiger partial charge in [0, 0.05) is 35.9 Å². The van der Waals surface area contributed by atoms with Crippen molar-refractivity contribution in [2.24, 2.45) is 5.41 Å². The van der Waals surface area contributed by atoms with Gasteiger partial charge in [0.25, 0.3) is 0 Å². The molecule has 1 amide bonds. The number of amides is 1. The summed E-state index contributed by atoms with van der Waals surface area (Å²) in [7, 11) is 0. The Morgan fingerprint density at radius 1 is 1.20 bits per heavy atom. The van der Waals surface area contributed by atoms with Gasteiger partial charge in [-0.2, -0.15) is 0 Å². The normalized spacial score (nSPS) is 15.7. The topological polar surface area (TPSA) is 93.4 Å². The van der Waals surface area contributed by atoms with E-state index in [4.69, 9.17) is 20.8 Å². The number of hydrogen-bond acceptors (Lipinski definition) is 7. The van der Waals surface area contributed by atoms with Crippen LogP contribution < -0.4 is 10.2 Å². The lowest BCUT2D eigenvalue weighted by molar-refractivity contribution is 0.0495. The fourth-order valence-electron chi connectivity index (χ4n) is 4.00. The van der Waals surface area contributed by atoms with Crippen molar-refractivity contribution in [1.29, 1.82) is 0 Å². The molecule has 1 aliphatic rings. The van der Waals surface area contributed by atoms with Gasteiger partial charge in [0.1, 0.15) is 10.8 Å². The standard InChI is InChI=1S/C25H29BrClN5O3/c1-24(2,3)35-23(33)29-15-25(4)8-11-32(12-9-25)19-14-17(26)5-6-18(19)22-31-30-21(34-22)16-7-10-28-20(27)13-16/h5-7,10,13-14H,8-9,11-12,15H2,1-4H3,(H,29,33). The molecule has 1 N–H and O–H groups in total. The van der Waals surface area contributed by atoms with Crippen LogP contribution in [0.25, 0.3) is 22.9 Å². The monoisotopic (exact) mass is 561 g/mol. The van der Waals surface area contributed by atoms with Gasteiger partial charge in [-0.15, -0.1) is 10.2 Å². The van der Waals surface area contributed by atoms with E-state index in [1.54, 1.807) is 18.3 Å². The number of pyridine rings is 1. The molecule has 186 valence electrons. The summed E-state index contributed by atoms with van der Waals surface area (Å²) < 4.78 is 12.4. The van der Waals surface area contributed by atoms with E-state index >= 15 is 0 Å². The van der Waals surface area contributed by atoms with Crippen LogP contribution in [0.5, 0.6) is 0 Å². The SMILES string of the molecule is CC1(CNC(=O)OC(C)(C)C)CCN(c2cc(Br)ccc2-c2nnc(-c3ccnc(Cl)c3)o2)CC1. The highest BCUT2D eigenvalue weighted by Gasteiger charge is 2.32. The molecule has 0 bridgehead atoms. The van der Waals surface area contributed by atoms with Crippen LogP contribution in [0.4, 0.5) is 10.5 Å². The summed E-state index contributed by atoms with van der Waals surface area (Å²) in [6, 6.07) is 9.49. The molecule has 2 aromatic heterocycles. The molecule has 35 heavy (non-hydrogen) atoms. The fraction of sp³-hybridized carbons (Fsp3) is 0.440. The van der Waals surface area contributed by atoms with Crippen molar-refractivity contribution in [1.82, 2.24) is 20.5 Å². The minimum absolute atomic E-state index is 0.0160. The lowest BCUT2D eigenvalue weighted by atomic mass is 9.80. The number of carbonyl (C=O) groups is 1. The van der Waals surface area contributed by atoms with Crippen molar-refractivity contribution in [2.75, 3.05) is 24.5 Å². The first-order valence-corrected chi connectivity index (χ1v) is 12.7. The molecule has 1 aliphatic heterocycles. The van der Waals surface area contributed by atoms with Crippen LogP contribution in [0.1, 0.15) is 40.5 Å². The molecule has 4 rings (SSSR count). The molecule has 3 heterocycles. The molecule has 0 aliphatic carbocycles. The van der Waals surface area contributed by atoms with Gasteiger partial charge in [0.05, 0.1) is 11.3 Å². The number of alkyl carbamates (subject to hydrolysis) is 1. The molecule has 0 saturated carbocycles. The Hall–Kier alpha value is -2.65. The third kappa shape index (κ3) is 6.52. The van der Waals surface area contributed by atoms with Crippen molar-refractivity contribution < 1.29 is 13.9 Å². The molecule has 10 heteroatoms. The Kier molecular flexibility index (Phi) is 7.38. The van der Waals surface area contributed by atoms with Gasteiger partial charge >= 0.3 is 6.09 Å². The van der Waals surface area contributed by atoms with Gasteiger partial charge in [-0.1, -0.05) is 34.5 Å². The lowest BCUT2D eigenvalue weighted by Gasteiger charge is -2.41. The zero-order valence-corrected chi connectivity index (χ0v) is 22.6. The van der Waals surface area contributed by atoms with Gasteiger partial charge < -0.3 is 19.4 Å². The number of nitrogens with zero attached hydrogens (tertiary/aromatic N) is 4. The van der Waals surface area contributed by atoms with Crippen molar-refractivity contribution >= 4 is 39.3 Å². The summed E-state index contributed by atoms with van der Waals surface area (Å²) in [6.45, 7) is 10.0. The van der Waals surface area contributed by atoms with Crippen molar-refractivity contribution in [3.8, 4) is 22.9 Å². The van der Waals surface area contributed by atoms with E-state index < -0.39 is 5.60 Å². The number of nitrogens with one attached hydrogen (secondary N) is 1. The summed E-state index contributed by atoms with van der Waals surface area (Å²) in [5, 5.41) is 11.8. The highest BCUT2D eigenvalue weighted by molar-refractivity contribution is 9.10. The zero-order chi connectivity index (χ0) is 25.2. The van der Waals surface area contributed by atoms with Crippen molar-refractivity contribution in [3.63, 3.8) is 0 Å². The van der Waals surface area contributed by atoms with Gasteiger partial charge in [0.2, 0.25) is 11.8 Å². The summed E-state index contributed by atoms with van der Waals surface area (Å²) in [5.74, 6) is 0.827. The van der Waals surface area contributed by atoms with Crippen molar-refractivity contribution in [3.05, 3.63) is 46.2 Å². The quantitative estimate of drug-likeness (QED) is 0.362. The number of hydrogen-bond donors (Lipinski definition) is 1. The zero-order valence-electron chi connectivity index (χ0n) is 20.3. The minimum Gasteiger partial charge on any atom is -0.444 e. The lowest BCUT2D eigenvalue weighted by Crippen LogP contribution is -2.45. The highest BCUT2D eigenvalue weighted by atomic mass is 79.9. The van der Waals surface area contributed by atoms with Crippen LogP contribution in [0.2, 0.25) is 5.15 Å². The third-order valence-corrected chi connectivity index (χ3v) is 6.66. The average Bonchev–Trinajstić information content (AvgIpc) is 3.27. The van der Waals surface area contributed by atoms with Crippen LogP contribution in [0.15, 0.2) is 45.4 Å². The summed E-state index contributed by atoms with van der Waals surface area (Å²) in [4.78, 5) is 18.4. The molecular weight excluding hydrogens is 534 g/mol. The van der Waals surface area contributed by atoms with Gasteiger partial charge in [0.15, 0.2) is 0 Å². The molecule has 1 saturated heterocycles. The van der Waals surface area contributed by atoms with Crippen molar-refractivity contribution in [2.45, 2.75) is 46.1 Å². The molecule has 0 spiro atoms. The van der Waals surface area contributed by atoms with E-state index in [9.17, 15) is 4.79 Å². The number of rotatable bonds is 5. The fourth-order valence-corrected chi connectivity index (χ4v) is 4.52. The smallest absolute Gasteiger partial charge is 0.407 e. The molecule has 3 aromatic rings. The first kappa shape index (κ1) is 25.4. The van der Waals surface area contributed by atoms with Crippen LogP contribution >= 0.6 is 27.5 Å². The van der Waals surface area contributed by atoms with Crippen LogP contribution in [0.3, 0.4) is 0 Å². The predicted molar refractivity (Wildman–Crippen MR) is 139 cm³/mol. The molecule has 0 unspecified atom stereocenters. The molecule has 0 atom stereocenters. The number of halogens is 2. The summed E-state index contributed by atoms with van der Waals surface area (Å²) >= 11 is 9.61. The van der Waals surface area contributed by atoms with E-state index in [-0.39, 0.29) is 11.5 Å². The molecule has 8 nitrogen and oxygen atoms in total. The number of carbonyl (C=O) groups excluding carboxylic acids is 1. The van der Waals surface area contributed by atoms with Crippen LogP contribution in [-0.4, -0.2) is 46.5 Å². The highest BCUT2D eigenvalue weighted by Crippen LogP contribution is 2.38. The van der Waals surface area contributed by atoms with Gasteiger partial charge in [-0.3, -0.25) is 0 Å². The number of ether oxygens (including phenoxy) is 1. The third-order valence-electron chi connectivity index (χ3n) is 5.96. The van der Waals surface area contributed by atoms with Crippen LogP contribution in [0, 0.1) is 5.41 Å². The molecule has 1 fully saturated rings. The number of anilines is 1. The maximum absolute atomic E-state index is 12.1. The first-order chi connectivity index (χ1) is 16.5. The van der Waals surface area contributed by atoms with Gasteiger partial charge in [-0.05, 0) is 69.4 Å². The number of aromatic nitrogens is 3. The maximum atomic E-state index is 12.1. The second-order valence-corrected chi connectivity index (χ2v) is 11.4. The first-order valence-electron chi connectivity index (χ1n) is 11.5.